The number of aryl methyl sites for hydroxylation is 1. The zero-order chi connectivity index (χ0) is 19.9. The number of aromatic nitrogens is 4. The maximum absolute atomic E-state index is 13.1. The quantitative estimate of drug-likeness (QED) is 0.622. The Morgan fingerprint density at radius 1 is 1.14 bits per heavy atom. The van der Waals surface area contributed by atoms with E-state index in [4.69, 9.17) is 9.47 Å². The summed E-state index contributed by atoms with van der Waals surface area (Å²) in [6.07, 6.45) is 1.21. The van der Waals surface area contributed by atoms with Crippen LogP contribution in [0.1, 0.15) is 29.8 Å². The Bertz CT molecular complexity index is 927. The number of para-hydroxylation sites is 1. The standard InChI is InChI=1S/C20H23N5O3/c1-4-14-7-5-6-8-16(14)21-20(26)15(19-22-24-25-23-19)11-13-9-10-17(27-2)18(12-13)28-3/h5-10,12,15H,4,11H2,1-3H3,(H,21,26)(H,22,23,24,25)/t15-/m1/s1. The molecule has 1 amide bonds. The van der Waals surface area contributed by atoms with Crippen LogP contribution >= 0.6 is 0 Å². The fourth-order valence-electron chi connectivity index (χ4n) is 3.03. The molecule has 3 rings (SSSR count). The van der Waals surface area contributed by atoms with Crippen LogP contribution < -0.4 is 14.8 Å². The fraction of sp³-hybridized carbons (Fsp3) is 0.300. The van der Waals surface area contributed by atoms with Gasteiger partial charge in [0.1, 0.15) is 5.92 Å². The topological polar surface area (TPSA) is 102 Å². The van der Waals surface area contributed by atoms with Gasteiger partial charge in [-0.25, -0.2) is 0 Å². The molecule has 0 spiro atoms. The largest absolute Gasteiger partial charge is 0.493 e. The number of benzene rings is 2. The smallest absolute Gasteiger partial charge is 0.235 e. The third-order valence-corrected chi connectivity index (χ3v) is 4.53. The van der Waals surface area contributed by atoms with E-state index in [0.29, 0.717) is 23.7 Å². The van der Waals surface area contributed by atoms with Crippen molar-refractivity contribution in [1.82, 2.24) is 20.6 Å². The normalized spacial score (nSPS) is 11.7. The van der Waals surface area contributed by atoms with Crippen LogP contribution in [-0.2, 0) is 17.6 Å². The van der Waals surface area contributed by atoms with Crippen molar-refractivity contribution in [3.05, 3.63) is 59.4 Å². The summed E-state index contributed by atoms with van der Waals surface area (Å²) < 4.78 is 10.6. The molecule has 146 valence electrons. The van der Waals surface area contributed by atoms with Gasteiger partial charge in [-0.2, -0.15) is 5.21 Å². The first kappa shape index (κ1) is 19.3. The highest BCUT2D eigenvalue weighted by Crippen LogP contribution is 2.30. The van der Waals surface area contributed by atoms with Crippen molar-refractivity contribution in [2.24, 2.45) is 0 Å². The first-order valence-electron chi connectivity index (χ1n) is 8.99. The molecule has 3 aromatic rings. The minimum absolute atomic E-state index is 0.197. The molecule has 0 aliphatic heterocycles. The molecule has 0 saturated carbocycles. The Morgan fingerprint density at radius 3 is 2.61 bits per heavy atom. The summed E-state index contributed by atoms with van der Waals surface area (Å²) in [5, 5.41) is 17.1. The first-order valence-corrected chi connectivity index (χ1v) is 8.99. The van der Waals surface area contributed by atoms with Crippen LogP contribution in [0.15, 0.2) is 42.5 Å². The van der Waals surface area contributed by atoms with Crippen LogP contribution in [0.4, 0.5) is 5.69 Å². The number of carbonyl (C=O) groups is 1. The van der Waals surface area contributed by atoms with Gasteiger partial charge in [0.05, 0.1) is 14.2 Å². The summed E-state index contributed by atoms with van der Waals surface area (Å²) in [4.78, 5) is 13.1. The molecule has 1 aromatic heterocycles. The number of carbonyl (C=O) groups excluding carboxylic acids is 1. The molecule has 0 saturated heterocycles. The third kappa shape index (κ3) is 4.28. The molecule has 0 aliphatic carbocycles. The number of methoxy groups -OCH3 is 2. The second kappa shape index (κ2) is 8.98. The van der Waals surface area contributed by atoms with E-state index >= 15 is 0 Å². The number of tetrazole rings is 1. The van der Waals surface area contributed by atoms with Gasteiger partial charge in [0.25, 0.3) is 0 Å². The molecule has 28 heavy (non-hydrogen) atoms. The van der Waals surface area contributed by atoms with Crippen molar-refractivity contribution in [3.63, 3.8) is 0 Å². The van der Waals surface area contributed by atoms with Crippen LogP contribution in [0.25, 0.3) is 0 Å². The predicted octanol–water partition coefficient (Wildman–Crippen LogP) is 2.74. The van der Waals surface area contributed by atoms with Gasteiger partial charge in [-0.3, -0.25) is 4.79 Å². The Balaban J connectivity index is 1.87. The lowest BCUT2D eigenvalue weighted by Gasteiger charge is -2.16. The Hall–Kier alpha value is -3.42. The molecule has 1 heterocycles. The van der Waals surface area contributed by atoms with Crippen molar-refractivity contribution in [3.8, 4) is 11.5 Å². The molecule has 8 heteroatoms. The molecule has 0 bridgehead atoms. The zero-order valence-electron chi connectivity index (χ0n) is 16.1. The van der Waals surface area contributed by atoms with Gasteiger partial charge in [-0.15, -0.1) is 10.2 Å². The van der Waals surface area contributed by atoms with Crippen LogP contribution in [0.5, 0.6) is 11.5 Å². The van der Waals surface area contributed by atoms with Gasteiger partial charge in [-0.1, -0.05) is 36.4 Å². The van der Waals surface area contributed by atoms with E-state index in [1.165, 1.54) is 0 Å². The maximum Gasteiger partial charge on any atom is 0.235 e. The van der Waals surface area contributed by atoms with Crippen LogP contribution in [0.2, 0.25) is 0 Å². The summed E-state index contributed by atoms with van der Waals surface area (Å²) in [5.74, 6) is 0.757. The number of hydrogen-bond acceptors (Lipinski definition) is 6. The van der Waals surface area contributed by atoms with E-state index in [1.807, 2.05) is 49.4 Å². The summed E-state index contributed by atoms with van der Waals surface area (Å²) in [6.45, 7) is 2.05. The molecule has 0 unspecified atom stereocenters. The van der Waals surface area contributed by atoms with Gasteiger partial charge in [0.2, 0.25) is 5.91 Å². The molecular formula is C20H23N5O3. The Labute approximate surface area is 163 Å². The number of nitrogens with zero attached hydrogens (tertiary/aromatic N) is 3. The zero-order valence-corrected chi connectivity index (χ0v) is 16.1. The van der Waals surface area contributed by atoms with Crippen LogP contribution in [-0.4, -0.2) is 40.8 Å². The summed E-state index contributed by atoms with van der Waals surface area (Å²) >= 11 is 0. The highest BCUT2D eigenvalue weighted by atomic mass is 16.5. The second-order valence-electron chi connectivity index (χ2n) is 6.22. The molecule has 0 fully saturated rings. The molecule has 0 radical (unpaired) electrons. The minimum Gasteiger partial charge on any atom is -0.493 e. The number of nitrogens with one attached hydrogen (secondary N) is 2. The second-order valence-corrected chi connectivity index (χ2v) is 6.22. The number of hydrogen-bond donors (Lipinski definition) is 2. The number of ether oxygens (including phenoxy) is 2. The maximum atomic E-state index is 13.1. The van der Waals surface area contributed by atoms with Crippen molar-refractivity contribution in [2.45, 2.75) is 25.7 Å². The first-order chi connectivity index (χ1) is 13.7. The summed E-state index contributed by atoms with van der Waals surface area (Å²) in [7, 11) is 3.16. The third-order valence-electron chi connectivity index (χ3n) is 4.53. The van der Waals surface area contributed by atoms with Crippen molar-refractivity contribution in [2.75, 3.05) is 19.5 Å². The predicted molar refractivity (Wildman–Crippen MR) is 105 cm³/mol. The number of aromatic amines is 1. The van der Waals surface area contributed by atoms with E-state index in [0.717, 1.165) is 23.2 Å². The fourth-order valence-corrected chi connectivity index (χ4v) is 3.03. The number of H-pyrrole nitrogens is 1. The Morgan fingerprint density at radius 2 is 1.93 bits per heavy atom. The average molecular weight is 381 g/mol. The van der Waals surface area contributed by atoms with E-state index < -0.39 is 5.92 Å². The van der Waals surface area contributed by atoms with Gasteiger partial charge in [0.15, 0.2) is 17.3 Å². The van der Waals surface area contributed by atoms with Gasteiger partial charge < -0.3 is 14.8 Å². The van der Waals surface area contributed by atoms with Gasteiger partial charge >= 0.3 is 0 Å². The van der Waals surface area contributed by atoms with E-state index in [2.05, 4.69) is 25.9 Å². The Kier molecular flexibility index (Phi) is 6.21. The molecule has 2 N–H and O–H groups in total. The van der Waals surface area contributed by atoms with E-state index in [1.54, 1.807) is 14.2 Å². The molecule has 0 aliphatic rings. The van der Waals surface area contributed by atoms with Crippen LogP contribution in [0, 0.1) is 0 Å². The van der Waals surface area contributed by atoms with Gasteiger partial charge in [0, 0.05) is 5.69 Å². The summed E-state index contributed by atoms with van der Waals surface area (Å²) in [6, 6.07) is 13.3. The lowest BCUT2D eigenvalue weighted by molar-refractivity contribution is -0.117. The number of amides is 1. The van der Waals surface area contributed by atoms with E-state index in [9.17, 15) is 4.79 Å². The molecule has 1 atom stereocenters. The lowest BCUT2D eigenvalue weighted by atomic mass is 9.97. The van der Waals surface area contributed by atoms with Crippen molar-refractivity contribution < 1.29 is 14.3 Å². The van der Waals surface area contributed by atoms with Crippen LogP contribution in [0.3, 0.4) is 0 Å². The van der Waals surface area contributed by atoms with E-state index in [-0.39, 0.29) is 5.91 Å². The average Bonchev–Trinajstić information content (AvgIpc) is 3.26. The number of rotatable bonds is 8. The monoisotopic (exact) mass is 381 g/mol. The minimum atomic E-state index is -0.609. The highest BCUT2D eigenvalue weighted by Gasteiger charge is 2.26. The summed E-state index contributed by atoms with van der Waals surface area (Å²) in [5.41, 5.74) is 2.75. The molecular weight excluding hydrogens is 358 g/mol. The number of anilines is 1. The highest BCUT2D eigenvalue weighted by molar-refractivity contribution is 5.96. The van der Waals surface area contributed by atoms with Gasteiger partial charge in [-0.05, 0) is 42.2 Å². The lowest BCUT2D eigenvalue weighted by Crippen LogP contribution is -2.24. The van der Waals surface area contributed by atoms with Crippen molar-refractivity contribution >= 4 is 11.6 Å². The molecule has 8 nitrogen and oxygen atoms in total. The molecule has 2 aromatic carbocycles. The van der Waals surface area contributed by atoms with Crippen molar-refractivity contribution in [1.29, 1.82) is 0 Å². The SMILES string of the molecule is CCc1ccccc1NC(=O)[C@H](Cc1ccc(OC)c(OC)c1)c1nn[nH]n1.